The van der Waals surface area contributed by atoms with Crippen molar-refractivity contribution >= 4 is 45.0 Å². The van der Waals surface area contributed by atoms with E-state index in [4.69, 9.17) is 11.6 Å². The zero-order valence-corrected chi connectivity index (χ0v) is 12.8. The maximum absolute atomic E-state index is 12.4. The molecule has 5 heteroatoms. The number of hydrogen-bond donors (Lipinski definition) is 0. The molecule has 3 rings (SSSR count). The molecule has 0 unspecified atom stereocenters. The van der Waals surface area contributed by atoms with E-state index in [0.29, 0.717) is 26.3 Å². The molecule has 1 aliphatic rings. The Morgan fingerprint density at radius 3 is 2.40 bits per heavy atom. The lowest BCUT2D eigenvalue weighted by Gasteiger charge is -2.14. The van der Waals surface area contributed by atoms with Crippen LogP contribution >= 0.6 is 27.5 Å². The lowest BCUT2D eigenvalue weighted by atomic mass is 10.1. The van der Waals surface area contributed by atoms with Crippen LogP contribution in [0, 0.1) is 6.92 Å². The number of anilines is 1. The third kappa shape index (κ3) is 1.96. The van der Waals surface area contributed by atoms with E-state index < -0.39 is 0 Å². The van der Waals surface area contributed by atoms with Crippen molar-refractivity contribution in [3.8, 4) is 0 Å². The van der Waals surface area contributed by atoms with E-state index in [-0.39, 0.29) is 11.8 Å². The summed E-state index contributed by atoms with van der Waals surface area (Å²) in [5.74, 6) is -0.609. The molecule has 2 amide bonds. The summed E-state index contributed by atoms with van der Waals surface area (Å²) in [4.78, 5) is 26.0. The van der Waals surface area contributed by atoms with Gasteiger partial charge in [-0.25, -0.2) is 4.90 Å². The molecule has 0 aliphatic carbocycles. The Kier molecular flexibility index (Phi) is 3.15. The lowest BCUT2D eigenvalue weighted by molar-refractivity contribution is 0.0926. The van der Waals surface area contributed by atoms with Crippen LogP contribution in [0.1, 0.15) is 26.3 Å². The molecule has 100 valence electrons. The molecule has 1 aliphatic heterocycles. The van der Waals surface area contributed by atoms with E-state index in [1.54, 1.807) is 30.3 Å². The molecule has 0 spiro atoms. The molecule has 0 fully saturated rings. The van der Waals surface area contributed by atoms with Crippen molar-refractivity contribution < 1.29 is 9.59 Å². The first-order valence-electron chi connectivity index (χ1n) is 5.93. The van der Waals surface area contributed by atoms with Crippen LogP contribution in [0.5, 0.6) is 0 Å². The van der Waals surface area contributed by atoms with E-state index in [9.17, 15) is 9.59 Å². The largest absolute Gasteiger partial charge is 0.268 e. The molecule has 0 radical (unpaired) electrons. The number of amides is 2. The number of fused-ring (bicyclic) bond motifs is 1. The van der Waals surface area contributed by atoms with E-state index in [1.165, 1.54) is 4.90 Å². The smallest absolute Gasteiger partial charge is 0.266 e. The second-order valence-corrected chi connectivity index (χ2v) is 5.85. The summed E-state index contributed by atoms with van der Waals surface area (Å²) in [5, 5.41) is 0.529. The minimum Gasteiger partial charge on any atom is -0.268 e. The number of carbonyl (C=O) groups excluding carboxylic acids is 2. The van der Waals surface area contributed by atoms with Crippen LogP contribution < -0.4 is 4.90 Å². The van der Waals surface area contributed by atoms with Crippen LogP contribution in [0.2, 0.25) is 5.02 Å². The van der Waals surface area contributed by atoms with E-state index >= 15 is 0 Å². The minimum atomic E-state index is -0.306. The Morgan fingerprint density at radius 2 is 1.70 bits per heavy atom. The van der Waals surface area contributed by atoms with Gasteiger partial charge in [0.15, 0.2) is 0 Å². The van der Waals surface area contributed by atoms with Gasteiger partial charge >= 0.3 is 0 Å². The number of carbonyl (C=O) groups is 2. The van der Waals surface area contributed by atoms with Crippen LogP contribution in [-0.4, -0.2) is 11.8 Å². The average Bonchev–Trinajstić information content (AvgIpc) is 2.65. The maximum Gasteiger partial charge on any atom is 0.266 e. The Balaban J connectivity index is 2.11. The van der Waals surface area contributed by atoms with E-state index in [0.717, 1.165) is 5.56 Å². The summed E-state index contributed by atoms with van der Waals surface area (Å²) in [5.41, 5.74) is 2.34. The SMILES string of the molecule is Cc1ccc2c(c1)C(=O)N(c1ccc(Cl)c(Br)c1)C2=O. The highest BCUT2D eigenvalue weighted by Crippen LogP contribution is 2.33. The Morgan fingerprint density at radius 1 is 1.00 bits per heavy atom. The molecule has 0 bridgehead atoms. The second kappa shape index (κ2) is 4.72. The number of halogens is 2. The first-order chi connectivity index (χ1) is 9.49. The molecular weight excluding hydrogens is 342 g/mol. The average molecular weight is 351 g/mol. The molecule has 2 aromatic rings. The first kappa shape index (κ1) is 13.3. The van der Waals surface area contributed by atoms with Gasteiger partial charge in [0.05, 0.1) is 21.8 Å². The lowest BCUT2D eigenvalue weighted by Crippen LogP contribution is -2.29. The van der Waals surface area contributed by atoms with Crippen LogP contribution in [0.4, 0.5) is 5.69 Å². The number of nitrogens with zero attached hydrogens (tertiary/aromatic N) is 1. The molecular formula is C15H9BrClNO2. The first-order valence-corrected chi connectivity index (χ1v) is 7.10. The quantitative estimate of drug-likeness (QED) is 0.722. The van der Waals surface area contributed by atoms with Gasteiger partial charge in [-0.3, -0.25) is 9.59 Å². The fourth-order valence-electron chi connectivity index (χ4n) is 2.21. The van der Waals surface area contributed by atoms with Crippen molar-refractivity contribution in [2.24, 2.45) is 0 Å². The molecule has 0 saturated heterocycles. The van der Waals surface area contributed by atoms with Crippen molar-refractivity contribution in [1.29, 1.82) is 0 Å². The van der Waals surface area contributed by atoms with Gasteiger partial charge in [-0.15, -0.1) is 0 Å². The molecule has 20 heavy (non-hydrogen) atoms. The van der Waals surface area contributed by atoms with Gasteiger partial charge in [-0.1, -0.05) is 23.2 Å². The minimum absolute atomic E-state index is 0.303. The molecule has 0 saturated carbocycles. The van der Waals surface area contributed by atoms with Crippen LogP contribution in [0.15, 0.2) is 40.9 Å². The highest BCUT2D eigenvalue weighted by Gasteiger charge is 2.36. The molecule has 0 aromatic heterocycles. The standard InChI is InChI=1S/C15H9BrClNO2/c1-8-2-4-10-11(6-8)15(20)18(14(10)19)9-3-5-13(17)12(16)7-9/h2-7H,1H3. The zero-order valence-electron chi connectivity index (χ0n) is 10.5. The predicted molar refractivity (Wildman–Crippen MR) is 81.5 cm³/mol. The second-order valence-electron chi connectivity index (χ2n) is 4.59. The van der Waals surface area contributed by atoms with Crippen molar-refractivity contribution in [1.82, 2.24) is 0 Å². The Labute approximate surface area is 129 Å². The normalized spacial score (nSPS) is 13.8. The van der Waals surface area contributed by atoms with Gasteiger partial charge < -0.3 is 0 Å². The number of rotatable bonds is 1. The Hall–Kier alpha value is -1.65. The van der Waals surface area contributed by atoms with E-state index in [2.05, 4.69) is 15.9 Å². The molecule has 0 atom stereocenters. The molecule has 1 heterocycles. The van der Waals surface area contributed by atoms with Crippen LogP contribution in [0.25, 0.3) is 0 Å². The van der Waals surface area contributed by atoms with Gasteiger partial charge in [0.2, 0.25) is 0 Å². The van der Waals surface area contributed by atoms with Crippen molar-refractivity contribution in [2.45, 2.75) is 6.92 Å². The summed E-state index contributed by atoms with van der Waals surface area (Å²) in [7, 11) is 0. The monoisotopic (exact) mass is 349 g/mol. The summed E-state index contributed by atoms with van der Waals surface area (Å²) < 4.78 is 0.643. The topological polar surface area (TPSA) is 37.4 Å². The van der Waals surface area contributed by atoms with Crippen LogP contribution in [-0.2, 0) is 0 Å². The predicted octanol–water partition coefficient (Wildman–Crippen LogP) is 4.21. The fraction of sp³-hybridized carbons (Fsp3) is 0.0667. The fourth-order valence-corrected chi connectivity index (χ4v) is 2.70. The number of benzene rings is 2. The summed E-state index contributed by atoms with van der Waals surface area (Å²) in [6.45, 7) is 1.89. The number of hydrogen-bond acceptors (Lipinski definition) is 2. The van der Waals surface area contributed by atoms with Gasteiger partial charge in [-0.2, -0.15) is 0 Å². The van der Waals surface area contributed by atoms with Crippen molar-refractivity contribution in [3.05, 3.63) is 62.6 Å². The van der Waals surface area contributed by atoms with Gasteiger partial charge in [0.1, 0.15) is 0 Å². The Bertz CT molecular complexity index is 758. The summed E-state index contributed by atoms with van der Waals surface area (Å²) >= 11 is 9.23. The van der Waals surface area contributed by atoms with Gasteiger partial charge in [-0.05, 0) is 53.2 Å². The van der Waals surface area contributed by atoms with Crippen molar-refractivity contribution in [3.63, 3.8) is 0 Å². The molecule has 2 aromatic carbocycles. The van der Waals surface area contributed by atoms with Crippen molar-refractivity contribution in [2.75, 3.05) is 4.90 Å². The van der Waals surface area contributed by atoms with Crippen LogP contribution in [0.3, 0.4) is 0 Å². The van der Waals surface area contributed by atoms with Gasteiger partial charge in [0, 0.05) is 4.47 Å². The third-order valence-corrected chi connectivity index (χ3v) is 4.42. The maximum atomic E-state index is 12.4. The molecule has 0 N–H and O–H groups in total. The number of aryl methyl sites for hydroxylation is 1. The third-order valence-electron chi connectivity index (χ3n) is 3.20. The van der Waals surface area contributed by atoms with E-state index in [1.807, 2.05) is 13.0 Å². The summed E-state index contributed by atoms with van der Waals surface area (Å²) in [6.07, 6.45) is 0. The highest BCUT2D eigenvalue weighted by molar-refractivity contribution is 9.10. The molecule has 3 nitrogen and oxygen atoms in total. The zero-order chi connectivity index (χ0) is 14.4. The highest BCUT2D eigenvalue weighted by atomic mass is 79.9. The van der Waals surface area contributed by atoms with Gasteiger partial charge in [0.25, 0.3) is 11.8 Å². The summed E-state index contributed by atoms with van der Waals surface area (Å²) in [6, 6.07) is 10.2. The number of imide groups is 1.